The Labute approximate surface area is 97.1 Å². The summed E-state index contributed by atoms with van der Waals surface area (Å²) in [6, 6.07) is 5.89. The van der Waals surface area contributed by atoms with Crippen molar-refractivity contribution in [3.05, 3.63) is 30.1 Å². The van der Waals surface area contributed by atoms with Crippen LogP contribution in [0.3, 0.4) is 0 Å². The SMILES string of the molecule is CCOC(=O)/C(Cl)=N/Nc1ccccc1F. The van der Waals surface area contributed by atoms with Crippen LogP contribution in [0.15, 0.2) is 29.4 Å². The topological polar surface area (TPSA) is 50.7 Å². The lowest BCUT2D eigenvalue weighted by atomic mass is 10.3. The van der Waals surface area contributed by atoms with Crippen molar-refractivity contribution >= 4 is 28.4 Å². The highest BCUT2D eigenvalue weighted by atomic mass is 35.5. The summed E-state index contributed by atoms with van der Waals surface area (Å²) in [6.07, 6.45) is 0. The molecule has 0 heterocycles. The molecular formula is C10H10ClFN2O2. The predicted molar refractivity (Wildman–Crippen MR) is 59.9 cm³/mol. The number of hydrogen-bond acceptors (Lipinski definition) is 4. The van der Waals surface area contributed by atoms with Crippen LogP contribution in [-0.2, 0) is 9.53 Å². The Bertz CT molecular complexity index is 410. The normalized spacial score (nSPS) is 11.1. The first-order chi connectivity index (χ1) is 7.65. The Balaban J connectivity index is 2.66. The Kier molecular flexibility index (Phi) is 4.72. The second kappa shape index (κ2) is 6.07. The fraction of sp³-hybridized carbons (Fsp3) is 0.200. The van der Waals surface area contributed by atoms with E-state index in [1.54, 1.807) is 13.0 Å². The van der Waals surface area contributed by atoms with Crippen molar-refractivity contribution in [2.45, 2.75) is 6.92 Å². The average molecular weight is 245 g/mol. The standard InChI is InChI=1S/C10H10ClFN2O2/c1-2-16-10(15)9(11)14-13-8-6-4-3-5-7(8)12/h3-6,13H,2H2,1H3/b14-9-. The molecule has 0 aromatic heterocycles. The number of benzene rings is 1. The van der Waals surface area contributed by atoms with E-state index in [1.807, 2.05) is 0 Å². The van der Waals surface area contributed by atoms with E-state index in [2.05, 4.69) is 15.3 Å². The molecule has 0 aliphatic carbocycles. The van der Waals surface area contributed by atoms with Crippen LogP contribution in [0.4, 0.5) is 10.1 Å². The van der Waals surface area contributed by atoms with Gasteiger partial charge < -0.3 is 4.74 Å². The molecule has 0 fully saturated rings. The number of para-hydroxylation sites is 1. The highest BCUT2D eigenvalue weighted by Gasteiger charge is 2.09. The van der Waals surface area contributed by atoms with Crippen LogP contribution >= 0.6 is 11.6 Å². The van der Waals surface area contributed by atoms with Gasteiger partial charge in [0.25, 0.3) is 0 Å². The van der Waals surface area contributed by atoms with Gasteiger partial charge in [0.05, 0.1) is 12.3 Å². The number of esters is 1. The van der Waals surface area contributed by atoms with Gasteiger partial charge in [0.1, 0.15) is 5.82 Å². The molecule has 1 N–H and O–H groups in total. The zero-order valence-electron chi connectivity index (χ0n) is 8.54. The van der Waals surface area contributed by atoms with Gasteiger partial charge in [-0.2, -0.15) is 5.10 Å². The summed E-state index contributed by atoms with van der Waals surface area (Å²) in [6.45, 7) is 1.84. The highest BCUT2D eigenvalue weighted by molar-refractivity contribution is 6.82. The smallest absolute Gasteiger partial charge is 0.370 e. The molecule has 0 atom stereocenters. The lowest BCUT2D eigenvalue weighted by Crippen LogP contribution is -2.13. The van der Waals surface area contributed by atoms with Crippen LogP contribution in [-0.4, -0.2) is 17.7 Å². The molecule has 0 bridgehead atoms. The number of ether oxygens (including phenoxy) is 1. The summed E-state index contributed by atoms with van der Waals surface area (Å²) in [7, 11) is 0. The van der Waals surface area contributed by atoms with Crippen molar-refractivity contribution in [1.29, 1.82) is 0 Å². The molecule has 16 heavy (non-hydrogen) atoms. The average Bonchev–Trinajstić information content (AvgIpc) is 2.28. The number of nitrogens with one attached hydrogen (secondary N) is 1. The largest absolute Gasteiger partial charge is 0.461 e. The quantitative estimate of drug-likeness (QED) is 0.503. The van der Waals surface area contributed by atoms with Crippen molar-refractivity contribution in [2.24, 2.45) is 5.10 Å². The minimum absolute atomic E-state index is 0.130. The van der Waals surface area contributed by atoms with Crippen molar-refractivity contribution in [3.8, 4) is 0 Å². The fourth-order valence-corrected chi connectivity index (χ4v) is 0.994. The second-order valence-corrected chi connectivity index (χ2v) is 3.07. The van der Waals surface area contributed by atoms with Gasteiger partial charge in [-0.25, -0.2) is 9.18 Å². The molecule has 0 saturated heterocycles. The van der Waals surface area contributed by atoms with Crippen LogP contribution in [0.1, 0.15) is 6.92 Å². The molecule has 4 nitrogen and oxygen atoms in total. The van der Waals surface area contributed by atoms with Gasteiger partial charge in [0.2, 0.25) is 5.17 Å². The summed E-state index contributed by atoms with van der Waals surface area (Å²) in [5.74, 6) is -1.24. The van der Waals surface area contributed by atoms with Gasteiger partial charge in [-0.1, -0.05) is 23.7 Å². The minimum atomic E-state index is -0.756. The maximum atomic E-state index is 13.1. The third kappa shape index (κ3) is 3.51. The molecule has 1 rings (SSSR count). The molecule has 1 aromatic carbocycles. The van der Waals surface area contributed by atoms with E-state index in [-0.39, 0.29) is 17.5 Å². The van der Waals surface area contributed by atoms with Crippen LogP contribution in [0, 0.1) is 5.82 Å². The first-order valence-electron chi connectivity index (χ1n) is 4.56. The summed E-state index contributed by atoms with van der Waals surface area (Å²) < 4.78 is 17.7. The monoisotopic (exact) mass is 244 g/mol. The van der Waals surface area contributed by atoms with Crippen molar-refractivity contribution < 1.29 is 13.9 Å². The summed E-state index contributed by atoms with van der Waals surface area (Å²) in [4.78, 5) is 11.0. The van der Waals surface area contributed by atoms with Gasteiger partial charge in [-0.3, -0.25) is 5.43 Å². The Morgan fingerprint density at radius 3 is 2.88 bits per heavy atom. The Hall–Kier alpha value is -1.62. The number of carbonyl (C=O) groups excluding carboxylic acids is 1. The van der Waals surface area contributed by atoms with E-state index in [0.717, 1.165) is 0 Å². The van der Waals surface area contributed by atoms with Crippen molar-refractivity contribution in [2.75, 3.05) is 12.0 Å². The maximum absolute atomic E-state index is 13.1. The van der Waals surface area contributed by atoms with Gasteiger partial charge >= 0.3 is 5.97 Å². The van der Waals surface area contributed by atoms with E-state index in [0.29, 0.717) is 0 Å². The zero-order chi connectivity index (χ0) is 12.0. The minimum Gasteiger partial charge on any atom is -0.461 e. The van der Waals surface area contributed by atoms with E-state index >= 15 is 0 Å². The number of rotatable bonds is 4. The summed E-state index contributed by atoms with van der Waals surface area (Å²) in [5, 5.41) is 3.11. The fourth-order valence-electron chi connectivity index (χ4n) is 0.897. The molecule has 0 aliphatic rings. The zero-order valence-corrected chi connectivity index (χ0v) is 9.29. The van der Waals surface area contributed by atoms with Crippen LogP contribution in [0.5, 0.6) is 0 Å². The predicted octanol–water partition coefficient (Wildman–Crippen LogP) is 2.35. The third-order valence-electron chi connectivity index (χ3n) is 1.59. The number of hydrazone groups is 1. The maximum Gasteiger partial charge on any atom is 0.370 e. The molecular weight excluding hydrogens is 235 g/mol. The van der Waals surface area contributed by atoms with E-state index in [1.165, 1.54) is 18.2 Å². The van der Waals surface area contributed by atoms with Gasteiger partial charge in [0.15, 0.2) is 0 Å². The summed E-state index contributed by atoms with van der Waals surface area (Å²) in [5.41, 5.74) is 2.46. The first kappa shape index (κ1) is 12.4. The van der Waals surface area contributed by atoms with Crippen molar-refractivity contribution in [1.82, 2.24) is 0 Å². The molecule has 0 unspecified atom stereocenters. The van der Waals surface area contributed by atoms with E-state index in [9.17, 15) is 9.18 Å². The first-order valence-corrected chi connectivity index (χ1v) is 4.93. The van der Waals surface area contributed by atoms with Crippen molar-refractivity contribution in [3.63, 3.8) is 0 Å². The molecule has 0 spiro atoms. The van der Waals surface area contributed by atoms with Gasteiger partial charge in [-0.15, -0.1) is 0 Å². The highest BCUT2D eigenvalue weighted by Crippen LogP contribution is 2.12. The molecule has 6 heteroatoms. The summed E-state index contributed by atoms with van der Waals surface area (Å²) >= 11 is 5.50. The van der Waals surface area contributed by atoms with Gasteiger partial charge in [0, 0.05) is 0 Å². The number of halogens is 2. The Morgan fingerprint density at radius 1 is 1.56 bits per heavy atom. The number of hydrogen-bond donors (Lipinski definition) is 1. The Morgan fingerprint density at radius 2 is 2.25 bits per heavy atom. The molecule has 0 saturated carbocycles. The second-order valence-electron chi connectivity index (χ2n) is 2.71. The third-order valence-corrected chi connectivity index (χ3v) is 1.83. The molecule has 1 aromatic rings. The number of anilines is 1. The number of nitrogens with zero attached hydrogens (tertiary/aromatic N) is 1. The molecule has 0 radical (unpaired) electrons. The van der Waals surface area contributed by atoms with E-state index < -0.39 is 11.8 Å². The lowest BCUT2D eigenvalue weighted by molar-refractivity contribution is -0.134. The number of carbonyl (C=O) groups is 1. The van der Waals surface area contributed by atoms with Crippen LogP contribution in [0.25, 0.3) is 0 Å². The van der Waals surface area contributed by atoms with Crippen LogP contribution in [0.2, 0.25) is 0 Å². The molecule has 0 amide bonds. The molecule has 0 aliphatic heterocycles. The van der Waals surface area contributed by atoms with E-state index in [4.69, 9.17) is 11.6 Å². The van der Waals surface area contributed by atoms with Gasteiger partial charge in [-0.05, 0) is 19.1 Å². The van der Waals surface area contributed by atoms with Crippen LogP contribution < -0.4 is 5.43 Å². The lowest BCUT2D eigenvalue weighted by Gasteiger charge is -2.02. The molecule has 86 valence electrons.